The first kappa shape index (κ1) is 8.33. The summed E-state index contributed by atoms with van der Waals surface area (Å²) in [6.45, 7) is 0. The highest BCUT2D eigenvalue weighted by atomic mass is 19.3. The van der Waals surface area contributed by atoms with Crippen LogP contribution in [-0.4, -0.2) is 15.1 Å². The molecule has 1 heterocycles. The van der Waals surface area contributed by atoms with E-state index in [1.54, 1.807) is 0 Å². The van der Waals surface area contributed by atoms with Crippen molar-refractivity contribution in [3.63, 3.8) is 0 Å². The molecule has 0 atom stereocenters. The molecule has 0 saturated heterocycles. The number of nitrogens with zero attached hydrogens (tertiary/aromatic N) is 3. The summed E-state index contributed by atoms with van der Waals surface area (Å²) >= 11 is 0. The van der Waals surface area contributed by atoms with Gasteiger partial charge in [-0.25, -0.2) is 18.7 Å². The predicted octanol–water partition coefficient (Wildman–Crippen LogP) is 0.991. The Labute approximate surface area is 66.1 Å². The maximum absolute atomic E-state index is 12.0. The summed E-state index contributed by atoms with van der Waals surface area (Å²) in [7, 11) is 0. The van der Waals surface area contributed by atoms with Crippen LogP contribution in [0.3, 0.4) is 0 Å². The van der Waals surface area contributed by atoms with Crippen LogP contribution in [0.4, 0.5) is 8.78 Å². The summed E-state index contributed by atoms with van der Waals surface area (Å²) in [6, 6.07) is 1.39. The Kier molecular flexibility index (Phi) is 2.14. The lowest BCUT2D eigenvalue weighted by Crippen LogP contribution is -1.96. The van der Waals surface area contributed by atoms with Gasteiger partial charge in [-0.15, -0.1) is 0 Å². The zero-order valence-corrected chi connectivity index (χ0v) is 5.70. The van der Waals surface area contributed by atoms with E-state index in [0.717, 1.165) is 6.33 Å². The molecule has 4 nitrogen and oxygen atoms in total. The lowest BCUT2D eigenvalue weighted by atomic mass is 10.2. The average Bonchev–Trinajstić information content (AvgIpc) is 2.03. The second-order valence-electron chi connectivity index (χ2n) is 1.87. The van der Waals surface area contributed by atoms with Crippen LogP contribution in [-0.2, 0) is 0 Å². The Bertz CT molecular complexity index is 334. The number of aromatic hydroxyl groups is 1. The number of hydrogen-bond donors (Lipinski definition) is 1. The quantitative estimate of drug-likeness (QED) is 0.683. The van der Waals surface area contributed by atoms with Gasteiger partial charge in [-0.3, -0.25) is 0 Å². The Morgan fingerprint density at radius 1 is 1.50 bits per heavy atom. The highest BCUT2D eigenvalue weighted by molar-refractivity contribution is 5.40. The van der Waals surface area contributed by atoms with Gasteiger partial charge in [0.25, 0.3) is 6.43 Å². The Balaban J connectivity index is 3.30. The molecule has 0 aromatic carbocycles. The third-order valence-electron chi connectivity index (χ3n) is 1.18. The van der Waals surface area contributed by atoms with Gasteiger partial charge in [0, 0.05) is 0 Å². The van der Waals surface area contributed by atoms with Gasteiger partial charge in [0.2, 0.25) is 5.88 Å². The Morgan fingerprint density at radius 2 is 2.17 bits per heavy atom. The Hall–Kier alpha value is -1.77. The molecule has 0 spiro atoms. The normalized spacial score (nSPS) is 9.83. The molecule has 0 amide bonds. The molecule has 1 aromatic rings. The van der Waals surface area contributed by atoms with Crippen molar-refractivity contribution in [1.29, 1.82) is 5.26 Å². The molecule has 0 unspecified atom stereocenters. The molecule has 0 saturated carbocycles. The minimum atomic E-state index is -2.88. The van der Waals surface area contributed by atoms with Crippen molar-refractivity contribution >= 4 is 0 Å². The molecule has 0 fully saturated rings. The van der Waals surface area contributed by atoms with E-state index in [4.69, 9.17) is 10.4 Å². The standard InChI is InChI=1S/C6H3F2N3O/c7-5(8)4-3(1-9)6(12)11-2-10-4/h2,5H,(H,10,11,12). The second-order valence-corrected chi connectivity index (χ2v) is 1.87. The third kappa shape index (κ3) is 1.29. The van der Waals surface area contributed by atoms with E-state index in [1.807, 2.05) is 0 Å². The van der Waals surface area contributed by atoms with Gasteiger partial charge in [0.05, 0.1) is 0 Å². The smallest absolute Gasteiger partial charge is 0.281 e. The van der Waals surface area contributed by atoms with Gasteiger partial charge in [-0.05, 0) is 0 Å². The van der Waals surface area contributed by atoms with Gasteiger partial charge >= 0.3 is 0 Å². The number of nitriles is 1. The fourth-order valence-corrected chi connectivity index (χ4v) is 0.662. The molecule has 0 aliphatic heterocycles. The number of rotatable bonds is 1. The molecular formula is C6H3F2N3O. The lowest BCUT2D eigenvalue weighted by Gasteiger charge is -2.00. The van der Waals surface area contributed by atoms with Gasteiger partial charge in [0.15, 0.2) is 0 Å². The fraction of sp³-hybridized carbons (Fsp3) is 0.167. The number of halogens is 2. The average molecular weight is 171 g/mol. The first-order chi connectivity index (χ1) is 5.66. The van der Waals surface area contributed by atoms with Crippen molar-refractivity contribution in [3.05, 3.63) is 17.6 Å². The van der Waals surface area contributed by atoms with Crippen molar-refractivity contribution in [2.75, 3.05) is 0 Å². The molecular weight excluding hydrogens is 168 g/mol. The largest absolute Gasteiger partial charge is 0.492 e. The molecule has 0 aliphatic carbocycles. The second kappa shape index (κ2) is 3.09. The summed E-state index contributed by atoms with van der Waals surface area (Å²) < 4.78 is 24.1. The van der Waals surface area contributed by atoms with E-state index in [2.05, 4.69) is 9.97 Å². The number of hydrogen-bond acceptors (Lipinski definition) is 4. The van der Waals surface area contributed by atoms with Gasteiger partial charge in [0.1, 0.15) is 23.7 Å². The zero-order valence-electron chi connectivity index (χ0n) is 5.70. The molecule has 0 bridgehead atoms. The van der Waals surface area contributed by atoms with Crippen LogP contribution in [0.25, 0.3) is 0 Å². The molecule has 12 heavy (non-hydrogen) atoms. The summed E-state index contributed by atoms with van der Waals surface area (Å²) in [6.07, 6.45) is -2.11. The van der Waals surface area contributed by atoms with Crippen LogP contribution in [0.15, 0.2) is 6.33 Å². The fourth-order valence-electron chi connectivity index (χ4n) is 0.662. The summed E-state index contributed by atoms with van der Waals surface area (Å²) in [5, 5.41) is 17.2. The van der Waals surface area contributed by atoms with Crippen molar-refractivity contribution in [2.24, 2.45) is 0 Å². The van der Waals surface area contributed by atoms with Crippen LogP contribution in [0.5, 0.6) is 5.88 Å². The number of alkyl halides is 2. The first-order valence-corrected chi connectivity index (χ1v) is 2.89. The highest BCUT2D eigenvalue weighted by Crippen LogP contribution is 2.23. The van der Waals surface area contributed by atoms with E-state index < -0.39 is 23.6 Å². The molecule has 1 aromatic heterocycles. The molecule has 1 rings (SSSR count). The zero-order chi connectivity index (χ0) is 9.14. The van der Waals surface area contributed by atoms with E-state index in [-0.39, 0.29) is 0 Å². The van der Waals surface area contributed by atoms with E-state index in [0.29, 0.717) is 0 Å². The Morgan fingerprint density at radius 3 is 2.58 bits per heavy atom. The predicted molar refractivity (Wildman–Crippen MR) is 33.4 cm³/mol. The molecule has 0 aliphatic rings. The van der Waals surface area contributed by atoms with Gasteiger partial charge < -0.3 is 5.11 Å². The minimum absolute atomic E-state index is 0.576. The van der Waals surface area contributed by atoms with Crippen molar-refractivity contribution in [1.82, 2.24) is 9.97 Å². The van der Waals surface area contributed by atoms with Crippen molar-refractivity contribution in [3.8, 4) is 11.9 Å². The maximum atomic E-state index is 12.0. The topological polar surface area (TPSA) is 69.8 Å². The SMILES string of the molecule is N#Cc1c(O)ncnc1C(F)F. The van der Waals surface area contributed by atoms with Crippen LogP contribution in [0.2, 0.25) is 0 Å². The summed E-state index contributed by atoms with van der Waals surface area (Å²) in [4.78, 5) is 6.35. The van der Waals surface area contributed by atoms with Crippen molar-refractivity contribution < 1.29 is 13.9 Å². The minimum Gasteiger partial charge on any atom is -0.492 e. The van der Waals surface area contributed by atoms with Crippen LogP contribution >= 0.6 is 0 Å². The molecule has 62 valence electrons. The van der Waals surface area contributed by atoms with Crippen LogP contribution in [0, 0.1) is 11.3 Å². The summed E-state index contributed by atoms with van der Waals surface area (Å²) in [5.41, 5.74) is -1.32. The lowest BCUT2D eigenvalue weighted by molar-refractivity contribution is 0.145. The van der Waals surface area contributed by atoms with Gasteiger partial charge in [-0.1, -0.05) is 0 Å². The monoisotopic (exact) mass is 171 g/mol. The van der Waals surface area contributed by atoms with E-state index in [1.165, 1.54) is 6.07 Å². The van der Waals surface area contributed by atoms with Crippen LogP contribution in [0.1, 0.15) is 17.7 Å². The summed E-state index contributed by atoms with van der Waals surface area (Å²) in [5.74, 6) is -0.720. The highest BCUT2D eigenvalue weighted by Gasteiger charge is 2.18. The van der Waals surface area contributed by atoms with Gasteiger partial charge in [-0.2, -0.15) is 5.26 Å². The van der Waals surface area contributed by atoms with E-state index >= 15 is 0 Å². The molecule has 6 heteroatoms. The molecule has 1 N–H and O–H groups in total. The first-order valence-electron chi connectivity index (χ1n) is 2.89. The maximum Gasteiger partial charge on any atom is 0.281 e. The third-order valence-corrected chi connectivity index (χ3v) is 1.18. The van der Waals surface area contributed by atoms with E-state index in [9.17, 15) is 8.78 Å². The van der Waals surface area contributed by atoms with Crippen molar-refractivity contribution in [2.45, 2.75) is 6.43 Å². The number of aromatic nitrogens is 2. The molecule has 0 radical (unpaired) electrons. The van der Waals surface area contributed by atoms with Crippen LogP contribution < -0.4 is 0 Å².